The number of hydrogen-bond acceptors (Lipinski definition) is 3. The Bertz CT molecular complexity index is 856. The molecule has 0 radical (unpaired) electrons. The monoisotopic (exact) mass is 356 g/mol. The van der Waals surface area contributed by atoms with Crippen LogP contribution in [0, 0.1) is 11.6 Å². The van der Waals surface area contributed by atoms with E-state index in [0.29, 0.717) is 19.1 Å². The maximum Gasteiger partial charge on any atom is 0.127 e. The van der Waals surface area contributed by atoms with Gasteiger partial charge >= 0.3 is 0 Å². The molecule has 1 aliphatic rings. The molecule has 2 aromatic carbocycles. The minimum atomic E-state index is -0.245. The van der Waals surface area contributed by atoms with Gasteiger partial charge in [-0.3, -0.25) is 4.90 Å². The van der Waals surface area contributed by atoms with Crippen molar-refractivity contribution in [1.82, 2.24) is 9.88 Å². The molecule has 1 aliphatic carbocycles. The summed E-state index contributed by atoms with van der Waals surface area (Å²) in [7, 11) is 0. The highest BCUT2D eigenvalue weighted by molar-refractivity contribution is 7.13. The van der Waals surface area contributed by atoms with Crippen molar-refractivity contribution in [2.75, 3.05) is 0 Å². The molecule has 0 saturated heterocycles. The Morgan fingerprint density at radius 1 is 1.00 bits per heavy atom. The second-order valence-electron chi connectivity index (χ2n) is 6.38. The minimum absolute atomic E-state index is 0.154. The molecule has 0 bridgehead atoms. The summed E-state index contributed by atoms with van der Waals surface area (Å²) in [4.78, 5) is 6.98. The van der Waals surface area contributed by atoms with Gasteiger partial charge < -0.3 is 0 Å². The number of hydrogen-bond donors (Lipinski definition) is 0. The van der Waals surface area contributed by atoms with E-state index >= 15 is 0 Å². The second kappa shape index (κ2) is 7.02. The smallest absolute Gasteiger partial charge is 0.127 e. The first kappa shape index (κ1) is 16.4. The molecule has 0 spiro atoms. The third kappa shape index (κ3) is 3.94. The zero-order valence-corrected chi connectivity index (χ0v) is 14.5. The van der Waals surface area contributed by atoms with Gasteiger partial charge in [0.15, 0.2) is 0 Å². The number of halogens is 2. The molecule has 0 unspecified atom stereocenters. The summed E-state index contributed by atoms with van der Waals surface area (Å²) in [5.74, 6) is -0.399. The molecular weight excluding hydrogens is 338 g/mol. The Hall–Kier alpha value is -2.11. The molecule has 25 heavy (non-hydrogen) atoms. The van der Waals surface area contributed by atoms with Crippen LogP contribution in [0.3, 0.4) is 0 Å². The lowest BCUT2D eigenvalue weighted by Crippen LogP contribution is -2.25. The fourth-order valence-corrected chi connectivity index (χ4v) is 3.73. The standard InChI is InChI=1S/C20H18F2N2S/c21-16-7-5-14(6-8-16)20-23-17(13-25-20)12-24(18-9-10-18)11-15-3-1-2-4-19(15)22/h1-8,13,18H,9-12H2. The molecule has 3 aromatic rings. The molecule has 1 saturated carbocycles. The molecule has 0 N–H and O–H groups in total. The molecule has 0 atom stereocenters. The summed E-state index contributed by atoms with van der Waals surface area (Å²) < 4.78 is 27.0. The van der Waals surface area contributed by atoms with Gasteiger partial charge in [-0.1, -0.05) is 18.2 Å². The zero-order chi connectivity index (χ0) is 17.2. The number of aromatic nitrogens is 1. The maximum absolute atomic E-state index is 14.0. The van der Waals surface area contributed by atoms with Crippen LogP contribution in [0.1, 0.15) is 24.1 Å². The molecule has 1 fully saturated rings. The lowest BCUT2D eigenvalue weighted by Gasteiger charge is -2.21. The molecule has 2 nitrogen and oxygen atoms in total. The lowest BCUT2D eigenvalue weighted by atomic mass is 10.2. The molecule has 5 heteroatoms. The quantitative estimate of drug-likeness (QED) is 0.599. The van der Waals surface area contributed by atoms with Crippen LogP contribution in [0.5, 0.6) is 0 Å². The van der Waals surface area contributed by atoms with E-state index in [4.69, 9.17) is 0 Å². The van der Waals surface area contributed by atoms with Crippen molar-refractivity contribution in [2.24, 2.45) is 0 Å². The highest BCUT2D eigenvalue weighted by atomic mass is 32.1. The minimum Gasteiger partial charge on any atom is -0.290 e. The summed E-state index contributed by atoms with van der Waals surface area (Å²) in [5, 5.41) is 2.92. The summed E-state index contributed by atoms with van der Waals surface area (Å²) in [6.07, 6.45) is 2.31. The van der Waals surface area contributed by atoms with Crippen molar-refractivity contribution < 1.29 is 8.78 Å². The maximum atomic E-state index is 14.0. The van der Waals surface area contributed by atoms with Gasteiger partial charge in [-0.25, -0.2) is 13.8 Å². The van der Waals surface area contributed by atoms with E-state index in [0.717, 1.165) is 34.7 Å². The molecule has 128 valence electrons. The lowest BCUT2D eigenvalue weighted by molar-refractivity contribution is 0.240. The third-order valence-corrected chi connectivity index (χ3v) is 5.34. The molecular formula is C20H18F2N2S. The number of thiazole rings is 1. The highest BCUT2D eigenvalue weighted by Crippen LogP contribution is 2.31. The van der Waals surface area contributed by atoms with Crippen LogP contribution >= 0.6 is 11.3 Å². The first-order chi connectivity index (χ1) is 12.2. The van der Waals surface area contributed by atoms with Crippen LogP contribution < -0.4 is 0 Å². The molecule has 1 aromatic heterocycles. The van der Waals surface area contributed by atoms with E-state index in [-0.39, 0.29) is 11.6 Å². The summed E-state index contributed by atoms with van der Waals surface area (Å²) in [6, 6.07) is 13.8. The van der Waals surface area contributed by atoms with E-state index in [9.17, 15) is 8.78 Å². The van der Waals surface area contributed by atoms with E-state index in [1.54, 1.807) is 29.5 Å². The van der Waals surface area contributed by atoms with Crippen LogP contribution in [-0.2, 0) is 13.1 Å². The Morgan fingerprint density at radius 2 is 1.76 bits per heavy atom. The Morgan fingerprint density at radius 3 is 2.48 bits per heavy atom. The SMILES string of the molecule is Fc1ccc(-c2nc(CN(Cc3ccccc3F)C3CC3)cs2)cc1. The number of nitrogens with zero attached hydrogens (tertiary/aromatic N) is 2. The first-order valence-corrected chi connectivity index (χ1v) is 9.25. The average molecular weight is 356 g/mol. The third-order valence-electron chi connectivity index (χ3n) is 4.40. The summed E-state index contributed by atoms with van der Waals surface area (Å²) >= 11 is 1.56. The van der Waals surface area contributed by atoms with Gasteiger partial charge in [0.2, 0.25) is 0 Å². The van der Waals surface area contributed by atoms with Gasteiger partial charge in [-0.05, 0) is 43.2 Å². The van der Waals surface area contributed by atoms with Crippen molar-refractivity contribution in [2.45, 2.75) is 32.0 Å². The van der Waals surface area contributed by atoms with Crippen molar-refractivity contribution in [3.05, 3.63) is 76.8 Å². The van der Waals surface area contributed by atoms with E-state index in [1.165, 1.54) is 18.2 Å². The van der Waals surface area contributed by atoms with Gasteiger partial charge in [0, 0.05) is 35.6 Å². The topological polar surface area (TPSA) is 16.1 Å². The molecule has 4 rings (SSSR count). The van der Waals surface area contributed by atoms with Crippen LogP contribution in [0.15, 0.2) is 53.9 Å². The van der Waals surface area contributed by atoms with E-state index in [1.807, 2.05) is 17.5 Å². The Kier molecular flexibility index (Phi) is 4.59. The van der Waals surface area contributed by atoms with Gasteiger partial charge in [0.25, 0.3) is 0 Å². The van der Waals surface area contributed by atoms with E-state index < -0.39 is 0 Å². The Labute approximate surface area is 149 Å². The van der Waals surface area contributed by atoms with Crippen LogP contribution in [0.25, 0.3) is 10.6 Å². The Balaban J connectivity index is 1.49. The fraction of sp³-hybridized carbons (Fsp3) is 0.250. The van der Waals surface area contributed by atoms with Crippen LogP contribution in [0.4, 0.5) is 8.78 Å². The van der Waals surface area contributed by atoms with Crippen molar-refractivity contribution in [3.8, 4) is 10.6 Å². The van der Waals surface area contributed by atoms with Gasteiger partial charge in [0.05, 0.1) is 5.69 Å². The van der Waals surface area contributed by atoms with Crippen molar-refractivity contribution >= 4 is 11.3 Å². The summed E-state index contributed by atoms with van der Waals surface area (Å²) in [6.45, 7) is 1.30. The van der Waals surface area contributed by atoms with Gasteiger partial charge in [-0.2, -0.15) is 0 Å². The zero-order valence-electron chi connectivity index (χ0n) is 13.7. The fourth-order valence-electron chi connectivity index (χ4n) is 2.91. The second-order valence-corrected chi connectivity index (χ2v) is 7.24. The van der Waals surface area contributed by atoms with Crippen molar-refractivity contribution in [1.29, 1.82) is 0 Å². The van der Waals surface area contributed by atoms with Crippen molar-refractivity contribution in [3.63, 3.8) is 0 Å². The van der Waals surface area contributed by atoms with E-state index in [2.05, 4.69) is 9.88 Å². The van der Waals surface area contributed by atoms with Crippen LogP contribution in [0.2, 0.25) is 0 Å². The normalized spacial score (nSPS) is 14.2. The summed E-state index contributed by atoms with van der Waals surface area (Å²) in [5.41, 5.74) is 2.63. The van der Waals surface area contributed by atoms with Gasteiger partial charge in [0.1, 0.15) is 16.6 Å². The molecule has 1 heterocycles. The largest absolute Gasteiger partial charge is 0.290 e. The van der Waals surface area contributed by atoms with Gasteiger partial charge in [-0.15, -0.1) is 11.3 Å². The molecule has 0 amide bonds. The average Bonchev–Trinajstić information content (AvgIpc) is 3.36. The predicted molar refractivity (Wildman–Crippen MR) is 96.2 cm³/mol. The predicted octanol–water partition coefficient (Wildman–Crippen LogP) is 5.25. The molecule has 0 aliphatic heterocycles. The number of rotatable bonds is 6. The number of benzene rings is 2. The highest BCUT2D eigenvalue weighted by Gasteiger charge is 2.30. The first-order valence-electron chi connectivity index (χ1n) is 8.37. The van der Waals surface area contributed by atoms with Crippen LogP contribution in [-0.4, -0.2) is 15.9 Å².